The standard InChI is InChI=1S/C13H19F2N/c1-3-5-6-12(4-2)16-13-8-10(14)7-11(15)9-13/h7-9,12,16H,3-6H2,1-2H3. The molecule has 0 radical (unpaired) electrons. The van der Waals surface area contributed by atoms with Crippen LogP contribution in [0.25, 0.3) is 0 Å². The maximum absolute atomic E-state index is 13.0. The molecule has 0 spiro atoms. The van der Waals surface area contributed by atoms with Gasteiger partial charge in [-0.3, -0.25) is 0 Å². The molecule has 0 amide bonds. The van der Waals surface area contributed by atoms with Gasteiger partial charge in [0.1, 0.15) is 11.6 Å². The van der Waals surface area contributed by atoms with Crippen molar-refractivity contribution >= 4 is 5.69 Å². The zero-order chi connectivity index (χ0) is 12.0. The molecule has 1 atom stereocenters. The Morgan fingerprint density at radius 3 is 2.25 bits per heavy atom. The molecule has 0 aliphatic heterocycles. The molecule has 1 nitrogen and oxygen atoms in total. The quantitative estimate of drug-likeness (QED) is 0.762. The van der Waals surface area contributed by atoms with E-state index in [4.69, 9.17) is 0 Å². The van der Waals surface area contributed by atoms with E-state index in [2.05, 4.69) is 19.2 Å². The van der Waals surface area contributed by atoms with Crippen LogP contribution >= 0.6 is 0 Å². The number of hydrogen-bond donors (Lipinski definition) is 1. The second-order valence-corrected chi connectivity index (χ2v) is 4.05. The molecule has 1 aromatic carbocycles. The van der Waals surface area contributed by atoms with Crippen LogP contribution in [-0.4, -0.2) is 6.04 Å². The van der Waals surface area contributed by atoms with Crippen LogP contribution < -0.4 is 5.32 Å². The molecule has 90 valence electrons. The Labute approximate surface area is 95.9 Å². The summed E-state index contributed by atoms with van der Waals surface area (Å²) in [7, 11) is 0. The number of nitrogens with one attached hydrogen (secondary N) is 1. The lowest BCUT2D eigenvalue weighted by Crippen LogP contribution is -2.18. The third-order valence-corrected chi connectivity index (χ3v) is 2.63. The van der Waals surface area contributed by atoms with Gasteiger partial charge in [-0.05, 0) is 25.0 Å². The van der Waals surface area contributed by atoms with Crippen molar-refractivity contribution in [3.8, 4) is 0 Å². The highest BCUT2D eigenvalue weighted by Gasteiger charge is 2.07. The molecular formula is C13H19F2N. The van der Waals surface area contributed by atoms with Crippen molar-refractivity contribution in [2.45, 2.75) is 45.6 Å². The Morgan fingerprint density at radius 1 is 1.12 bits per heavy atom. The number of halogens is 2. The van der Waals surface area contributed by atoms with Gasteiger partial charge in [-0.1, -0.05) is 26.7 Å². The number of rotatable bonds is 6. The minimum absolute atomic E-state index is 0.293. The number of hydrogen-bond acceptors (Lipinski definition) is 1. The third kappa shape index (κ3) is 4.17. The van der Waals surface area contributed by atoms with Crippen LogP contribution in [0, 0.1) is 11.6 Å². The van der Waals surface area contributed by atoms with Crippen LogP contribution in [0.4, 0.5) is 14.5 Å². The first kappa shape index (κ1) is 12.9. The van der Waals surface area contributed by atoms with Gasteiger partial charge in [-0.25, -0.2) is 8.78 Å². The van der Waals surface area contributed by atoms with Crippen LogP contribution in [-0.2, 0) is 0 Å². The highest BCUT2D eigenvalue weighted by atomic mass is 19.1. The Bertz CT molecular complexity index is 305. The summed E-state index contributed by atoms with van der Waals surface area (Å²) in [5, 5.41) is 3.17. The fourth-order valence-electron chi connectivity index (χ4n) is 1.70. The SMILES string of the molecule is CCCCC(CC)Nc1cc(F)cc(F)c1. The van der Waals surface area contributed by atoms with Crippen LogP contribution in [0.3, 0.4) is 0 Å². The largest absolute Gasteiger partial charge is 0.382 e. The van der Waals surface area contributed by atoms with Gasteiger partial charge in [0.15, 0.2) is 0 Å². The second-order valence-electron chi connectivity index (χ2n) is 4.05. The van der Waals surface area contributed by atoms with E-state index in [1.54, 1.807) is 0 Å². The Hall–Kier alpha value is -1.12. The lowest BCUT2D eigenvalue weighted by molar-refractivity contribution is 0.576. The van der Waals surface area contributed by atoms with E-state index in [0.29, 0.717) is 11.7 Å². The summed E-state index contributed by atoms with van der Waals surface area (Å²) < 4.78 is 25.9. The minimum atomic E-state index is -0.534. The fraction of sp³-hybridized carbons (Fsp3) is 0.538. The van der Waals surface area contributed by atoms with E-state index in [9.17, 15) is 8.78 Å². The van der Waals surface area contributed by atoms with Crippen molar-refractivity contribution in [1.82, 2.24) is 0 Å². The van der Waals surface area contributed by atoms with E-state index in [0.717, 1.165) is 31.7 Å². The fourth-order valence-corrected chi connectivity index (χ4v) is 1.70. The summed E-state index contributed by atoms with van der Waals surface area (Å²) in [6, 6.07) is 3.84. The summed E-state index contributed by atoms with van der Waals surface area (Å²) >= 11 is 0. The highest BCUT2D eigenvalue weighted by molar-refractivity contribution is 5.44. The van der Waals surface area contributed by atoms with Gasteiger partial charge in [-0.15, -0.1) is 0 Å². The summed E-state index contributed by atoms with van der Waals surface area (Å²) in [6.45, 7) is 4.21. The van der Waals surface area contributed by atoms with E-state index >= 15 is 0 Å². The van der Waals surface area contributed by atoms with Crippen LogP contribution in [0.5, 0.6) is 0 Å². The van der Waals surface area contributed by atoms with Gasteiger partial charge in [-0.2, -0.15) is 0 Å². The van der Waals surface area contributed by atoms with Gasteiger partial charge in [0, 0.05) is 17.8 Å². The van der Waals surface area contributed by atoms with Crippen molar-refractivity contribution in [2.24, 2.45) is 0 Å². The maximum Gasteiger partial charge on any atom is 0.128 e. The Morgan fingerprint density at radius 2 is 1.75 bits per heavy atom. The Kier molecular flexibility index (Phi) is 5.23. The van der Waals surface area contributed by atoms with Crippen LogP contribution in [0.1, 0.15) is 39.5 Å². The smallest absolute Gasteiger partial charge is 0.128 e. The highest BCUT2D eigenvalue weighted by Crippen LogP contribution is 2.16. The zero-order valence-corrected chi connectivity index (χ0v) is 9.89. The zero-order valence-electron chi connectivity index (χ0n) is 9.89. The van der Waals surface area contributed by atoms with E-state index in [-0.39, 0.29) is 0 Å². The molecule has 1 N–H and O–H groups in total. The molecule has 3 heteroatoms. The average Bonchev–Trinajstić information content (AvgIpc) is 2.22. The first-order chi connectivity index (χ1) is 7.65. The third-order valence-electron chi connectivity index (χ3n) is 2.63. The maximum atomic E-state index is 13.0. The number of benzene rings is 1. The topological polar surface area (TPSA) is 12.0 Å². The van der Waals surface area contributed by atoms with Crippen molar-refractivity contribution in [3.63, 3.8) is 0 Å². The minimum Gasteiger partial charge on any atom is -0.382 e. The molecule has 0 saturated heterocycles. The molecular weight excluding hydrogens is 208 g/mol. The summed E-state index contributed by atoms with van der Waals surface area (Å²) in [5.74, 6) is -1.07. The second kappa shape index (κ2) is 6.46. The predicted molar refractivity (Wildman–Crippen MR) is 63.6 cm³/mol. The van der Waals surface area contributed by atoms with Gasteiger partial charge >= 0.3 is 0 Å². The van der Waals surface area contributed by atoms with E-state index in [1.165, 1.54) is 12.1 Å². The summed E-state index contributed by atoms with van der Waals surface area (Å²) in [6.07, 6.45) is 4.25. The molecule has 0 aromatic heterocycles. The average molecular weight is 227 g/mol. The summed E-state index contributed by atoms with van der Waals surface area (Å²) in [4.78, 5) is 0. The molecule has 0 bridgehead atoms. The molecule has 0 fully saturated rings. The molecule has 0 heterocycles. The molecule has 1 aromatic rings. The molecule has 0 aliphatic carbocycles. The molecule has 1 rings (SSSR count). The number of unbranched alkanes of at least 4 members (excludes halogenated alkanes) is 1. The molecule has 16 heavy (non-hydrogen) atoms. The van der Waals surface area contributed by atoms with Crippen molar-refractivity contribution in [3.05, 3.63) is 29.8 Å². The van der Waals surface area contributed by atoms with Gasteiger partial charge < -0.3 is 5.32 Å². The first-order valence-electron chi connectivity index (χ1n) is 5.88. The van der Waals surface area contributed by atoms with Gasteiger partial charge in [0.25, 0.3) is 0 Å². The summed E-state index contributed by atoms with van der Waals surface area (Å²) in [5.41, 5.74) is 0.528. The molecule has 1 unspecified atom stereocenters. The number of anilines is 1. The predicted octanol–water partition coefficient (Wildman–Crippen LogP) is 4.35. The van der Waals surface area contributed by atoms with Crippen molar-refractivity contribution in [2.75, 3.05) is 5.32 Å². The van der Waals surface area contributed by atoms with Gasteiger partial charge in [0.05, 0.1) is 0 Å². The van der Waals surface area contributed by atoms with E-state index < -0.39 is 11.6 Å². The van der Waals surface area contributed by atoms with Crippen LogP contribution in [0.15, 0.2) is 18.2 Å². The Balaban J connectivity index is 2.62. The lowest BCUT2D eigenvalue weighted by atomic mass is 10.1. The van der Waals surface area contributed by atoms with Gasteiger partial charge in [0.2, 0.25) is 0 Å². The van der Waals surface area contributed by atoms with Crippen LogP contribution in [0.2, 0.25) is 0 Å². The van der Waals surface area contributed by atoms with Crippen molar-refractivity contribution < 1.29 is 8.78 Å². The lowest BCUT2D eigenvalue weighted by Gasteiger charge is -2.18. The molecule has 0 saturated carbocycles. The first-order valence-corrected chi connectivity index (χ1v) is 5.88. The van der Waals surface area contributed by atoms with Crippen molar-refractivity contribution in [1.29, 1.82) is 0 Å². The normalized spacial score (nSPS) is 12.5. The van der Waals surface area contributed by atoms with E-state index in [1.807, 2.05) is 0 Å². The monoisotopic (exact) mass is 227 g/mol. The molecule has 0 aliphatic rings.